The van der Waals surface area contributed by atoms with Crippen LogP contribution < -0.4 is 10.6 Å². The average Bonchev–Trinajstić information content (AvgIpc) is 2.44. The molecule has 0 bridgehead atoms. The van der Waals surface area contributed by atoms with Gasteiger partial charge >= 0.3 is 6.18 Å². The summed E-state index contributed by atoms with van der Waals surface area (Å²) < 4.78 is 38.5. The largest absolute Gasteiger partial charge is 0.391 e. The van der Waals surface area contributed by atoms with Gasteiger partial charge in [0.1, 0.15) is 6.54 Å². The summed E-state index contributed by atoms with van der Waals surface area (Å²) in [5, 5.41) is 5.99. The van der Waals surface area contributed by atoms with E-state index in [9.17, 15) is 18.0 Å². The third-order valence-electron chi connectivity index (χ3n) is 3.69. The van der Waals surface area contributed by atoms with Gasteiger partial charge in [0.05, 0.1) is 5.92 Å². The van der Waals surface area contributed by atoms with E-state index in [1.165, 1.54) is 4.90 Å². The van der Waals surface area contributed by atoms with Crippen LogP contribution in [-0.4, -0.2) is 56.2 Å². The molecule has 1 amide bonds. The van der Waals surface area contributed by atoms with E-state index < -0.39 is 12.1 Å². The smallest absolute Gasteiger partial charge is 0.357 e. The number of carbonyl (C=O) groups excluding carboxylic acids is 1. The van der Waals surface area contributed by atoms with Gasteiger partial charge in [-0.1, -0.05) is 6.42 Å². The second-order valence-corrected chi connectivity index (χ2v) is 5.73. The molecule has 2 atom stereocenters. The number of nitrogens with zero attached hydrogens (tertiary/aromatic N) is 2. The standard InChI is InChI=1S/C14H25F3N4O.HI/c1-4-18-13(19-9-12(22)21(2)3)20-11-7-5-6-10(8-11)14(15,16)17;/h10-11H,4-9H2,1-3H3,(H2,18,19,20);1H. The summed E-state index contributed by atoms with van der Waals surface area (Å²) in [6.45, 7) is 2.42. The Bertz CT molecular complexity index is 402. The number of hydrogen-bond acceptors (Lipinski definition) is 2. The quantitative estimate of drug-likeness (QED) is 0.393. The first-order chi connectivity index (χ1) is 10.2. The van der Waals surface area contributed by atoms with Crippen molar-refractivity contribution in [3.63, 3.8) is 0 Å². The van der Waals surface area contributed by atoms with E-state index in [-0.39, 0.29) is 55.3 Å². The van der Waals surface area contributed by atoms with Gasteiger partial charge < -0.3 is 15.5 Å². The second-order valence-electron chi connectivity index (χ2n) is 5.73. The van der Waals surface area contributed by atoms with E-state index in [0.717, 1.165) is 0 Å². The molecule has 0 spiro atoms. The molecule has 0 aromatic carbocycles. The highest BCUT2D eigenvalue weighted by Gasteiger charge is 2.42. The number of nitrogens with one attached hydrogen (secondary N) is 2. The Kier molecular flexibility index (Phi) is 9.86. The molecule has 0 heterocycles. The normalized spacial score (nSPS) is 22.1. The second kappa shape index (κ2) is 10.2. The third-order valence-corrected chi connectivity index (χ3v) is 3.69. The van der Waals surface area contributed by atoms with E-state index in [0.29, 0.717) is 25.3 Å². The molecule has 2 unspecified atom stereocenters. The minimum absolute atomic E-state index is 0. The lowest BCUT2D eigenvalue weighted by molar-refractivity contribution is -0.183. The van der Waals surface area contributed by atoms with Crippen molar-refractivity contribution in [2.75, 3.05) is 27.2 Å². The van der Waals surface area contributed by atoms with E-state index in [1.54, 1.807) is 14.1 Å². The number of likely N-dealkylation sites (N-methyl/N-ethyl adjacent to an activating group) is 1. The van der Waals surface area contributed by atoms with Crippen molar-refractivity contribution in [1.29, 1.82) is 0 Å². The van der Waals surface area contributed by atoms with E-state index in [2.05, 4.69) is 15.6 Å². The van der Waals surface area contributed by atoms with E-state index in [1.807, 2.05) is 6.92 Å². The minimum Gasteiger partial charge on any atom is -0.357 e. The zero-order valence-electron chi connectivity index (χ0n) is 13.7. The molecule has 1 aliphatic carbocycles. The highest BCUT2D eigenvalue weighted by molar-refractivity contribution is 14.0. The molecule has 1 aliphatic rings. The minimum atomic E-state index is -4.14. The Balaban J connectivity index is 0.00000484. The maximum Gasteiger partial charge on any atom is 0.391 e. The molecule has 1 fully saturated rings. The molecule has 0 aliphatic heterocycles. The summed E-state index contributed by atoms with van der Waals surface area (Å²) in [5.74, 6) is -1.02. The molecule has 0 saturated heterocycles. The number of halogens is 4. The molecule has 136 valence electrons. The van der Waals surface area contributed by atoms with Gasteiger partial charge in [-0.3, -0.25) is 4.79 Å². The Morgan fingerprint density at radius 1 is 1.30 bits per heavy atom. The van der Waals surface area contributed by atoms with E-state index >= 15 is 0 Å². The van der Waals surface area contributed by atoms with Crippen LogP contribution >= 0.6 is 24.0 Å². The van der Waals surface area contributed by atoms with Crippen molar-refractivity contribution in [2.45, 2.75) is 44.8 Å². The highest BCUT2D eigenvalue weighted by atomic mass is 127. The van der Waals surface area contributed by atoms with Crippen molar-refractivity contribution in [1.82, 2.24) is 15.5 Å². The molecular weight excluding hydrogens is 424 g/mol. The molecule has 1 saturated carbocycles. The van der Waals surface area contributed by atoms with Crippen molar-refractivity contribution in [2.24, 2.45) is 10.9 Å². The third kappa shape index (κ3) is 8.07. The van der Waals surface area contributed by atoms with Crippen molar-refractivity contribution in [3.8, 4) is 0 Å². The lowest BCUT2D eigenvalue weighted by Gasteiger charge is -2.31. The summed E-state index contributed by atoms with van der Waals surface area (Å²) in [7, 11) is 3.26. The fourth-order valence-electron chi connectivity index (χ4n) is 2.42. The Morgan fingerprint density at radius 3 is 2.48 bits per heavy atom. The van der Waals surface area contributed by atoms with Gasteiger partial charge in [-0.05, 0) is 26.2 Å². The molecule has 0 aromatic heterocycles. The summed E-state index contributed by atoms with van der Waals surface area (Å²) in [6.07, 6.45) is -2.68. The number of amides is 1. The molecule has 1 rings (SSSR count). The summed E-state index contributed by atoms with van der Waals surface area (Å²) in [6, 6.07) is -0.271. The number of hydrogen-bond donors (Lipinski definition) is 2. The Hall–Kier alpha value is -0.740. The number of rotatable bonds is 4. The van der Waals surface area contributed by atoms with Gasteiger partial charge in [-0.2, -0.15) is 13.2 Å². The van der Waals surface area contributed by atoms with Crippen molar-refractivity contribution in [3.05, 3.63) is 0 Å². The van der Waals surface area contributed by atoms with Crippen molar-refractivity contribution >= 4 is 35.8 Å². The van der Waals surface area contributed by atoms with Gasteiger partial charge in [0.25, 0.3) is 0 Å². The SMILES string of the molecule is CCNC(=NCC(=O)N(C)C)NC1CCCC(C(F)(F)F)C1.I. The van der Waals surface area contributed by atoms with Crippen LogP contribution in [0.25, 0.3) is 0 Å². The van der Waals surface area contributed by atoms with Gasteiger partial charge in [0.2, 0.25) is 5.91 Å². The maximum atomic E-state index is 12.8. The van der Waals surface area contributed by atoms with Crippen LogP contribution in [0.15, 0.2) is 4.99 Å². The molecule has 9 heteroatoms. The van der Waals surface area contributed by atoms with Gasteiger partial charge in [0.15, 0.2) is 5.96 Å². The molecular formula is C14H26F3IN4O. The predicted octanol–water partition coefficient (Wildman–Crippen LogP) is 2.37. The average molecular weight is 450 g/mol. The first-order valence-electron chi connectivity index (χ1n) is 7.55. The fourth-order valence-corrected chi connectivity index (χ4v) is 2.42. The van der Waals surface area contributed by atoms with Gasteiger partial charge in [-0.15, -0.1) is 24.0 Å². The topological polar surface area (TPSA) is 56.7 Å². The van der Waals surface area contributed by atoms with Crippen LogP contribution in [0, 0.1) is 5.92 Å². The lowest BCUT2D eigenvalue weighted by atomic mass is 9.85. The maximum absolute atomic E-state index is 12.8. The predicted molar refractivity (Wildman–Crippen MR) is 95.0 cm³/mol. The first kappa shape index (κ1) is 22.3. The Morgan fingerprint density at radius 2 is 1.96 bits per heavy atom. The number of aliphatic imine (C=N–C) groups is 1. The summed E-state index contributed by atoms with van der Waals surface area (Å²) in [4.78, 5) is 17.1. The number of guanidine groups is 1. The zero-order chi connectivity index (χ0) is 16.8. The zero-order valence-corrected chi connectivity index (χ0v) is 16.1. The summed E-state index contributed by atoms with van der Waals surface area (Å²) in [5.41, 5.74) is 0. The Labute approximate surface area is 152 Å². The van der Waals surface area contributed by atoms with Crippen molar-refractivity contribution < 1.29 is 18.0 Å². The van der Waals surface area contributed by atoms with Gasteiger partial charge in [-0.25, -0.2) is 4.99 Å². The van der Waals surface area contributed by atoms with Gasteiger partial charge in [0, 0.05) is 26.7 Å². The fraction of sp³-hybridized carbons (Fsp3) is 0.857. The molecule has 23 heavy (non-hydrogen) atoms. The monoisotopic (exact) mass is 450 g/mol. The summed E-state index contributed by atoms with van der Waals surface area (Å²) >= 11 is 0. The molecule has 5 nitrogen and oxygen atoms in total. The van der Waals surface area contributed by atoms with Crippen LogP contribution in [0.2, 0.25) is 0 Å². The van der Waals surface area contributed by atoms with Crippen LogP contribution in [0.3, 0.4) is 0 Å². The van der Waals surface area contributed by atoms with Crippen LogP contribution in [-0.2, 0) is 4.79 Å². The molecule has 0 aromatic rings. The number of carbonyl (C=O) groups is 1. The van der Waals surface area contributed by atoms with Crippen LogP contribution in [0.1, 0.15) is 32.6 Å². The van der Waals surface area contributed by atoms with Crippen LogP contribution in [0.5, 0.6) is 0 Å². The number of alkyl halides is 3. The lowest BCUT2D eigenvalue weighted by Crippen LogP contribution is -2.47. The first-order valence-corrected chi connectivity index (χ1v) is 7.55. The van der Waals surface area contributed by atoms with E-state index in [4.69, 9.17) is 0 Å². The van der Waals surface area contributed by atoms with Crippen LogP contribution in [0.4, 0.5) is 13.2 Å². The highest BCUT2D eigenvalue weighted by Crippen LogP contribution is 2.37. The molecule has 2 N–H and O–H groups in total. The molecule has 0 radical (unpaired) electrons.